The summed E-state index contributed by atoms with van der Waals surface area (Å²) >= 11 is 1.35. The normalized spacial score (nSPS) is 23.0. The fourth-order valence-corrected chi connectivity index (χ4v) is 5.67. The summed E-state index contributed by atoms with van der Waals surface area (Å²) in [6.45, 7) is 5.24. The van der Waals surface area contributed by atoms with Crippen LogP contribution in [0.2, 0.25) is 0 Å². The standard InChI is InChI=1S/C28H37NO12S/c1-16(30)29-25-22(38-18(3)32)12-28(13-24(35)36-6,15-42-21-10-8-7-9-11-21)41-27(25)26(40-20(5)34)23(39-19(4)33)14-37-17(2)31/h7-11,22-23,25-27H,12-15H2,1-6H3,(H,29,30)/t22?,23-,25+,26+,27?,28+/m0/s1. The van der Waals surface area contributed by atoms with Crippen molar-refractivity contribution < 1.29 is 57.2 Å². The van der Waals surface area contributed by atoms with E-state index in [4.69, 9.17) is 28.4 Å². The van der Waals surface area contributed by atoms with Gasteiger partial charge in [0.25, 0.3) is 0 Å². The van der Waals surface area contributed by atoms with E-state index in [2.05, 4.69) is 5.32 Å². The predicted molar refractivity (Wildman–Crippen MR) is 147 cm³/mol. The number of rotatable bonds is 13. The molecule has 2 rings (SSSR count). The molecule has 0 radical (unpaired) electrons. The van der Waals surface area contributed by atoms with Crippen LogP contribution < -0.4 is 5.32 Å². The molecule has 0 saturated carbocycles. The fourth-order valence-electron chi connectivity index (χ4n) is 4.60. The van der Waals surface area contributed by atoms with Gasteiger partial charge in [-0.15, -0.1) is 11.8 Å². The first-order valence-corrected chi connectivity index (χ1v) is 14.1. The minimum absolute atomic E-state index is 0.0576. The highest BCUT2D eigenvalue weighted by Crippen LogP contribution is 2.40. The van der Waals surface area contributed by atoms with Crippen molar-refractivity contribution in [2.45, 2.75) is 88.4 Å². The number of esters is 5. The third kappa shape index (κ3) is 11.0. The Kier molecular flexibility index (Phi) is 13.3. The van der Waals surface area contributed by atoms with Crippen molar-refractivity contribution in [3.05, 3.63) is 30.3 Å². The highest BCUT2D eigenvalue weighted by molar-refractivity contribution is 7.99. The van der Waals surface area contributed by atoms with Gasteiger partial charge in [0.1, 0.15) is 18.8 Å². The minimum Gasteiger partial charge on any atom is -0.469 e. The molecule has 1 saturated heterocycles. The molecule has 6 atom stereocenters. The maximum Gasteiger partial charge on any atom is 0.308 e. The van der Waals surface area contributed by atoms with Crippen molar-refractivity contribution in [1.29, 1.82) is 0 Å². The van der Waals surface area contributed by atoms with Crippen LogP contribution >= 0.6 is 11.8 Å². The molecule has 1 aromatic carbocycles. The molecule has 0 aromatic heterocycles. The number of thioether (sulfide) groups is 1. The van der Waals surface area contributed by atoms with E-state index in [0.717, 1.165) is 25.7 Å². The Bertz CT molecular complexity index is 1130. The van der Waals surface area contributed by atoms with E-state index in [0.29, 0.717) is 0 Å². The Morgan fingerprint density at radius 2 is 1.60 bits per heavy atom. The summed E-state index contributed by atoms with van der Waals surface area (Å²) in [5, 5.41) is 2.69. The van der Waals surface area contributed by atoms with Gasteiger partial charge in [-0.2, -0.15) is 0 Å². The van der Waals surface area contributed by atoms with Crippen LogP contribution in [0.1, 0.15) is 47.5 Å². The first-order chi connectivity index (χ1) is 19.7. The zero-order valence-electron chi connectivity index (χ0n) is 24.4. The van der Waals surface area contributed by atoms with Crippen LogP contribution in [0.5, 0.6) is 0 Å². The van der Waals surface area contributed by atoms with Gasteiger partial charge in [-0.3, -0.25) is 28.8 Å². The molecule has 1 aromatic rings. The van der Waals surface area contributed by atoms with E-state index in [-0.39, 0.29) is 18.6 Å². The van der Waals surface area contributed by atoms with Crippen molar-refractivity contribution in [1.82, 2.24) is 5.32 Å². The molecular weight excluding hydrogens is 574 g/mol. The number of amides is 1. The number of hydrogen-bond acceptors (Lipinski definition) is 13. The predicted octanol–water partition coefficient (Wildman–Crippen LogP) is 1.73. The maximum atomic E-state index is 12.7. The molecule has 13 nitrogen and oxygen atoms in total. The molecule has 1 heterocycles. The number of carbonyl (C=O) groups is 6. The van der Waals surface area contributed by atoms with Crippen LogP contribution in [0.25, 0.3) is 0 Å². The van der Waals surface area contributed by atoms with Crippen molar-refractivity contribution in [2.24, 2.45) is 0 Å². The molecule has 1 fully saturated rings. The topological polar surface area (TPSA) is 170 Å². The van der Waals surface area contributed by atoms with Gasteiger partial charge in [-0.1, -0.05) is 18.2 Å². The van der Waals surface area contributed by atoms with Gasteiger partial charge in [0.15, 0.2) is 12.2 Å². The largest absolute Gasteiger partial charge is 0.469 e. The third-order valence-corrected chi connectivity index (χ3v) is 7.38. The summed E-state index contributed by atoms with van der Waals surface area (Å²) in [5.74, 6) is -4.00. The van der Waals surface area contributed by atoms with Crippen molar-refractivity contribution in [2.75, 3.05) is 19.5 Å². The number of benzene rings is 1. The van der Waals surface area contributed by atoms with Gasteiger partial charge >= 0.3 is 29.8 Å². The smallest absolute Gasteiger partial charge is 0.308 e. The number of ether oxygens (including phenoxy) is 6. The van der Waals surface area contributed by atoms with E-state index in [1.54, 1.807) is 0 Å². The summed E-state index contributed by atoms with van der Waals surface area (Å²) in [6.07, 6.45) is -5.70. The second-order valence-corrected chi connectivity index (χ2v) is 10.8. The maximum absolute atomic E-state index is 12.7. The summed E-state index contributed by atoms with van der Waals surface area (Å²) in [7, 11) is 1.21. The van der Waals surface area contributed by atoms with Gasteiger partial charge in [0, 0.05) is 51.7 Å². The van der Waals surface area contributed by atoms with Crippen LogP contribution in [0.15, 0.2) is 35.2 Å². The molecule has 0 spiro atoms. The highest BCUT2D eigenvalue weighted by atomic mass is 32.2. The molecule has 2 unspecified atom stereocenters. The first kappa shape index (κ1) is 34.6. The van der Waals surface area contributed by atoms with Crippen LogP contribution in [-0.2, 0) is 57.2 Å². The van der Waals surface area contributed by atoms with Crippen molar-refractivity contribution in [3.8, 4) is 0 Å². The second-order valence-electron chi connectivity index (χ2n) is 9.72. The Morgan fingerprint density at radius 1 is 0.952 bits per heavy atom. The van der Waals surface area contributed by atoms with E-state index >= 15 is 0 Å². The van der Waals surface area contributed by atoms with Gasteiger partial charge < -0.3 is 33.7 Å². The van der Waals surface area contributed by atoms with Crippen LogP contribution in [0, 0.1) is 0 Å². The Morgan fingerprint density at radius 3 is 2.12 bits per heavy atom. The molecule has 14 heteroatoms. The molecule has 1 aliphatic heterocycles. The molecule has 1 aliphatic rings. The van der Waals surface area contributed by atoms with E-state index in [1.807, 2.05) is 30.3 Å². The lowest BCUT2D eigenvalue weighted by Gasteiger charge is -2.50. The summed E-state index contributed by atoms with van der Waals surface area (Å²) < 4.78 is 33.3. The van der Waals surface area contributed by atoms with Crippen molar-refractivity contribution >= 4 is 47.5 Å². The average Bonchev–Trinajstić information content (AvgIpc) is 2.89. The molecule has 1 amide bonds. The zero-order chi connectivity index (χ0) is 31.4. The Labute approximate surface area is 248 Å². The number of nitrogens with one attached hydrogen (secondary N) is 1. The van der Waals surface area contributed by atoms with E-state index in [1.165, 1.54) is 32.7 Å². The van der Waals surface area contributed by atoms with Crippen LogP contribution in [-0.4, -0.2) is 91.3 Å². The lowest BCUT2D eigenvalue weighted by atomic mass is 9.82. The lowest BCUT2D eigenvalue weighted by molar-refractivity contribution is -0.234. The lowest BCUT2D eigenvalue weighted by Crippen LogP contribution is -2.68. The Balaban J connectivity index is 2.71. The van der Waals surface area contributed by atoms with Crippen LogP contribution in [0.4, 0.5) is 0 Å². The minimum atomic E-state index is -1.49. The second kappa shape index (κ2) is 16.1. The number of hydrogen-bond donors (Lipinski definition) is 1. The summed E-state index contributed by atoms with van der Waals surface area (Å²) in [4.78, 5) is 74.2. The quantitative estimate of drug-likeness (QED) is 0.195. The molecule has 1 N–H and O–H groups in total. The first-order valence-electron chi connectivity index (χ1n) is 13.1. The average molecular weight is 612 g/mol. The van der Waals surface area contributed by atoms with Gasteiger partial charge in [-0.25, -0.2) is 0 Å². The van der Waals surface area contributed by atoms with E-state index in [9.17, 15) is 28.8 Å². The monoisotopic (exact) mass is 611 g/mol. The Hall–Kier alpha value is -3.65. The molecule has 232 valence electrons. The molecule has 42 heavy (non-hydrogen) atoms. The molecule has 0 aliphatic carbocycles. The van der Waals surface area contributed by atoms with Gasteiger partial charge in [0.05, 0.1) is 25.2 Å². The third-order valence-electron chi connectivity index (χ3n) is 6.10. The highest BCUT2D eigenvalue weighted by Gasteiger charge is 2.55. The van der Waals surface area contributed by atoms with Gasteiger partial charge in [0.2, 0.25) is 5.91 Å². The van der Waals surface area contributed by atoms with Crippen molar-refractivity contribution in [3.63, 3.8) is 0 Å². The molecule has 0 bridgehead atoms. The summed E-state index contributed by atoms with van der Waals surface area (Å²) in [5.41, 5.74) is -1.39. The number of carbonyl (C=O) groups excluding carboxylic acids is 6. The summed E-state index contributed by atoms with van der Waals surface area (Å²) in [6, 6.07) is 8.10. The number of methoxy groups -OCH3 is 1. The van der Waals surface area contributed by atoms with E-state index < -0.39 is 78.4 Å². The fraction of sp³-hybridized carbons (Fsp3) is 0.571. The van der Waals surface area contributed by atoms with Gasteiger partial charge in [-0.05, 0) is 12.1 Å². The van der Waals surface area contributed by atoms with Crippen LogP contribution in [0.3, 0.4) is 0 Å². The molecular formula is C28H37NO12S. The SMILES string of the molecule is COC(=O)C[C@@]1(CSc2ccccc2)CC(OC(C)=O)[C@@H](NC(C)=O)C([C@H](OC(C)=O)[C@H](COC(C)=O)OC(C)=O)O1. The zero-order valence-corrected chi connectivity index (χ0v) is 25.2.